The van der Waals surface area contributed by atoms with Crippen LogP contribution in [0.25, 0.3) is 10.9 Å². The van der Waals surface area contributed by atoms with Crippen molar-refractivity contribution in [3.8, 4) is 5.75 Å². The van der Waals surface area contributed by atoms with Gasteiger partial charge in [0, 0.05) is 34.3 Å². The van der Waals surface area contributed by atoms with Crippen LogP contribution in [0.3, 0.4) is 0 Å². The summed E-state index contributed by atoms with van der Waals surface area (Å²) in [5.41, 5.74) is 6.54. The molecule has 0 radical (unpaired) electrons. The molecule has 4 aromatic carbocycles. The van der Waals surface area contributed by atoms with Gasteiger partial charge in [-0.05, 0) is 77.2 Å². The van der Waals surface area contributed by atoms with Crippen LogP contribution in [-0.4, -0.2) is 40.9 Å². The van der Waals surface area contributed by atoms with Crippen LogP contribution in [0.4, 0.5) is 16.2 Å². The summed E-state index contributed by atoms with van der Waals surface area (Å²) in [6, 6.07) is 28.4. The third-order valence-corrected chi connectivity index (χ3v) is 8.70. The van der Waals surface area contributed by atoms with Gasteiger partial charge in [-0.15, -0.1) is 0 Å². The summed E-state index contributed by atoms with van der Waals surface area (Å²) >= 11 is 0. The SMILES string of the molecule is COc1ccc([C@H]2c3[nH]c4ccccc4c3C[C@H]3C(=O)N(c4ccc(C(=O)Nc5ccc(C(C)C)cc5)cc4)C(=O)N23)cc1. The lowest BCUT2D eigenvalue weighted by molar-refractivity contribution is -0.120. The maximum absolute atomic E-state index is 14.1. The van der Waals surface area contributed by atoms with Crippen LogP contribution in [-0.2, 0) is 11.2 Å². The fraction of sp³-hybridized carbons (Fsp3) is 0.194. The first-order valence-corrected chi connectivity index (χ1v) is 14.7. The molecule has 44 heavy (non-hydrogen) atoms. The molecule has 0 unspecified atom stereocenters. The van der Waals surface area contributed by atoms with Crippen LogP contribution >= 0.6 is 0 Å². The van der Waals surface area contributed by atoms with E-state index in [0.29, 0.717) is 35.0 Å². The molecule has 1 saturated heterocycles. The van der Waals surface area contributed by atoms with Crippen molar-refractivity contribution in [1.82, 2.24) is 9.88 Å². The van der Waals surface area contributed by atoms with Gasteiger partial charge in [0.2, 0.25) is 0 Å². The van der Waals surface area contributed by atoms with Crippen molar-refractivity contribution in [2.45, 2.75) is 38.3 Å². The van der Waals surface area contributed by atoms with Gasteiger partial charge < -0.3 is 15.0 Å². The van der Waals surface area contributed by atoms with Gasteiger partial charge in [-0.2, -0.15) is 0 Å². The van der Waals surface area contributed by atoms with E-state index in [0.717, 1.165) is 27.7 Å². The number of aromatic nitrogens is 1. The van der Waals surface area contributed by atoms with Crippen molar-refractivity contribution in [2.75, 3.05) is 17.3 Å². The minimum atomic E-state index is -0.668. The van der Waals surface area contributed by atoms with E-state index in [4.69, 9.17) is 4.74 Å². The van der Waals surface area contributed by atoms with E-state index in [1.807, 2.05) is 72.8 Å². The third kappa shape index (κ3) is 4.50. The number of methoxy groups -OCH3 is 1. The lowest BCUT2D eigenvalue weighted by atomic mass is 9.89. The fourth-order valence-corrected chi connectivity index (χ4v) is 6.36. The molecule has 1 aromatic heterocycles. The zero-order valence-electron chi connectivity index (χ0n) is 24.7. The Labute approximate surface area is 255 Å². The van der Waals surface area contributed by atoms with Gasteiger partial charge in [-0.1, -0.05) is 56.3 Å². The van der Waals surface area contributed by atoms with Gasteiger partial charge in [-0.25, -0.2) is 9.69 Å². The van der Waals surface area contributed by atoms with Crippen LogP contribution in [0.15, 0.2) is 97.1 Å². The van der Waals surface area contributed by atoms with Crippen molar-refractivity contribution in [2.24, 2.45) is 0 Å². The van der Waals surface area contributed by atoms with E-state index in [9.17, 15) is 14.4 Å². The number of urea groups is 1. The van der Waals surface area contributed by atoms with Gasteiger partial charge in [-0.3, -0.25) is 14.5 Å². The van der Waals surface area contributed by atoms with Crippen molar-refractivity contribution < 1.29 is 19.1 Å². The largest absolute Gasteiger partial charge is 0.497 e. The number of nitrogens with zero attached hydrogens (tertiary/aromatic N) is 2. The minimum absolute atomic E-state index is 0.268. The molecule has 8 heteroatoms. The molecule has 0 bridgehead atoms. The molecule has 2 aliphatic rings. The number of rotatable bonds is 6. The molecule has 2 atom stereocenters. The normalized spacial score (nSPS) is 17.6. The zero-order valence-corrected chi connectivity index (χ0v) is 24.7. The fourth-order valence-electron chi connectivity index (χ4n) is 6.36. The van der Waals surface area contributed by atoms with Gasteiger partial charge in [0.25, 0.3) is 11.8 Å². The Balaban J connectivity index is 1.19. The number of ether oxygens (including phenoxy) is 1. The summed E-state index contributed by atoms with van der Waals surface area (Å²) in [4.78, 5) is 47.6. The van der Waals surface area contributed by atoms with Crippen molar-refractivity contribution in [1.29, 1.82) is 0 Å². The second kappa shape index (κ2) is 10.7. The van der Waals surface area contributed by atoms with Crippen LogP contribution in [0.1, 0.15) is 58.5 Å². The quantitative estimate of drug-likeness (QED) is 0.210. The summed E-state index contributed by atoms with van der Waals surface area (Å²) in [6.45, 7) is 4.24. The Morgan fingerprint density at radius 2 is 1.61 bits per heavy atom. The highest BCUT2D eigenvalue weighted by atomic mass is 16.5. The number of hydrogen-bond acceptors (Lipinski definition) is 4. The Hall–Kier alpha value is -5.37. The molecular weight excluding hydrogens is 552 g/mol. The summed E-state index contributed by atoms with van der Waals surface area (Å²) in [7, 11) is 1.61. The number of carbonyl (C=O) groups is 3. The maximum atomic E-state index is 14.1. The van der Waals surface area contributed by atoms with Gasteiger partial charge in [0.1, 0.15) is 17.8 Å². The van der Waals surface area contributed by atoms with Crippen molar-refractivity contribution >= 4 is 40.1 Å². The predicted molar refractivity (Wildman–Crippen MR) is 170 cm³/mol. The Kier molecular flexibility index (Phi) is 6.69. The summed E-state index contributed by atoms with van der Waals surface area (Å²) in [5.74, 6) is 0.557. The number of amides is 4. The molecule has 1 fully saturated rings. The summed E-state index contributed by atoms with van der Waals surface area (Å²) in [5, 5.41) is 3.97. The average Bonchev–Trinajstić information content (AvgIpc) is 3.54. The minimum Gasteiger partial charge on any atom is -0.497 e. The smallest absolute Gasteiger partial charge is 0.332 e. The highest BCUT2D eigenvalue weighted by Crippen LogP contribution is 2.45. The molecule has 5 aromatic rings. The molecule has 0 aliphatic carbocycles. The Morgan fingerprint density at radius 1 is 0.909 bits per heavy atom. The molecular formula is C36H32N4O4. The molecule has 7 rings (SSSR count). The third-order valence-electron chi connectivity index (χ3n) is 8.70. The number of H-pyrrole nitrogens is 1. The van der Waals surface area contributed by atoms with E-state index in [2.05, 4.69) is 24.1 Å². The first kappa shape index (κ1) is 27.5. The van der Waals surface area contributed by atoms with E-state index in [-0.39, 0.29) is 11.8 Å². The number of nitrogens with one attached hydrogen (secondary N) is 2. The molecule has 3 heterocycles. The standard InChI is InChI=1S/C36H32N4O4/c1-21(2)22-8-14-25(15-9-22)37-34(41)24-10-16-26(17-11-24)39-35(42)31-20-29-28-6-4-5-7-30(28)38-32(29)33(40(31)36(39)43)23-12-18-27(44-3)19-13-23/h4-19,21,31,33,38H,20H2,1-3H3,(H,37,41)/t31-,33-/m0/s1. The molecule has 0 spiro atoms. The molecule has 4 amide bonds. The number of anilines is 2. The number of para-hydroxylation sites is 1. The molecule has 220 valence electrons. The highest BCUT2D eigenvalue weighted by Gasteiger charge is 2.53. The van der Waals surface area contributed by atoms with Crippen LogP contribution in [0, 0.1) is 0 Å². The highest BCUT2D eigenvalue weighted by molar-refractivity contribution is 6.22. The van der Waals surface area contributed by atoms with Crippen molar-refractivity contribution in [3.05, 3.63) is 125 Å². The number of benzene rings is 4. The van der Waals surface area contributed by atoms with Crippen LogP contribution < -0.4 is 15.0 Å². The first-order chi connectivity index (χ1) is 21.3. The Bertz CT molecular complexity index is 1890. The van der Waals surface area contributed by atoms with Gasteiger partial charge in [0.15, 0.2) is 0 Å². The molecule has 2 aliphatic heterocycles. The van der Waals surface area contributed by atoms with Crippen molar-refractivity contribution in [3.63, 3.8) is 0 Å². The first-order valence-electron chi connectivity index (χ1n) is 14.7. The molecule has 8 nitrogen and oxygen atoms in total. The molecule has 0 saturated carbocycles. The second-order valence-electron chi connectivity index (χ2n) is 11.6. The number of imide groups is 1. The number of fused-ring (bicyclic) bond motifs is 4. The molecule has 2 N–H and O–H groups in total. The number of hydrogen-bond donors (Lipinski definition) is 2. The van der Waals surface area contributed by atoms with E-state index >= 15 is 0 Å². The lowest BCUT2D eigenvalue weighted by Crippen LogP contribution is -2.44. The zero-order chi connectivity index (χ0) is 30.5. The monoisotopic (exact) mass is 584 g/mol. The van der Waals surface area contributed by atoms with E-state index in [1.165, 1.54) is 10.5 Å². The topological polar surface area (TPSA) is 94.7 Å². The van der Waals surface area contributed by atoms with Gasteiger partial charge >= 0.3 is 6.03 Å². The second-order valence-corrected chi connectivity index (χ2v) is 11.6. The van der Waals surface area contributed by atoms with E-state index < -0.39 is 18.1 Å². The van der Waals surface area contributed by atoms with Crippen LogP contribution in [0.2, 0.25) is 0 Å². The number of carbonyl (C=O) groups excluding carboxylic acids is 3. The van der Waals surface area contributed by atoms with Crippen LogP contribution in [0.5, 0.6) is 5.75 Å². The Morgan fingerprint density at radius 3 is 2.30 bits per heavy atom. The maximum Gasteiger partial charge on any atom is 0.332 e. The average molecular weight is 585 g/mol. The summed E-state index contributed by atoms with van der Waals surface area (Å²) in [6.07, 6.45) is 0.406. The van der Waals surface area contributed by atoms with E-state index in [1.54, 1.807) is 36.3 Å². The summed E-state index contributed by atoms with van der Waals surface area (Å²) < 4.78 is 5.37. The number of aromatic amines is 1. The van der Waals surface area contributed by atoms with Gasteiger partial charge in [0.05, 0.1) is 12.8 Å². The predicted octanol–water partition coefficient (Wildman–Crippen LogP) is 7.04. The lowest BCUT2D eigenvalue weighted by Gasteiger charge is -2.36.